The Morgan fingerprint density at radius 3 is 2.43 bits per heavy atom. The molecule has 1 aromatic rings. The predicted molar refractivity (Wildman–Crippen MR) is 95.1 cm³/mol. The summed E-state index contributed by atoms with van der Waals surface area (Å²) in [5.41, 5.74) is 2.64. The summed E-state index contributed by atoms with van der Waals surface area (Å²) < 4.78 is 6.36. The first-order chi connectivity index (χ1) is 9.74. The number of rotatable bonds is 7. The molecule has 1 N–H and O–H groups in total. The van der Waals surface area contributed by atoms with E-state index in [0.29, 0.717) is 6.04 Å². The maximum Gasteiger partial charge on any atom is 0.0637 e. The molecule has 0 saturated heterocycles. The molecule has 1 aromatic carbocycles. The maximum absolute atomic E-state index is 5.22. The molecule has 0 aliphatic carbocycles. The molecule has 3 nitrogen and oxygen atoms in total. The summed E-state index contributed by atoms with van der Waals surface area (Å²) in [7, 11) is 1.74. The number of nitrogens with zero attached hydrogens (tertiary/aromatic N) is 1. The lowest BCUT2D eigenvalue weighted by Crippen LogP contribution is -2.35. The molecule has 0 radical (unpaired) electrons. The Labute approximate surface area is 138 Å². The average Bonchev–Trinajstić information content (AvgIpc) is 2.37. The summed E-state index contributed by atoms with van der Waals surface area (Å²) in [6.45, 7) is 13.5. The first kappa shape index (κ1) is 18.5. The third-order valence-corrected chi connectivity index (χ3v) is 3.94. The summed E-state index contributed by atoms with van der Waals surface area (Å²) in [5.74, 6) is 0. The van der Waals surface area contributed by atoms with Gasteiger partial charge in [0.25, 0.3) is 0 Å². The van der Waals surface area contributed by atoms with Crippen LogP contribution in [0.25, 0.3) is 0 Å². The van der Waals surface area contributed by atoms with Gasteiger partial charge in [-0.1, -0.05) is 6.07 Å². The van der Waals surface area contributed by atoms with Crippen LogP contribution in [0.15, 0.2) is 22.7 Å². The van der Waals surface area contributed by atoms with Crippen LogP contribution in [0.4, 0.5) is 5.69 Å². The van der Waals surface area contributed by atoms with Crippen LogP contribution in [0.3, 0.4) is 0 Å². The summed E-state index contributed by atoms with van der Waals surface area (Å²) in [5, 5.41) is 3.52. The number of halogens is 1. The van der Waals surface area contributed by atoms with Gasteiger partial charge in [0.15, 0.2) is 0 Å². The Morgan fingerprint density at radius 1 is 1.29 bits per heavy atom. The molecule has 21 heavy (non-hydrogen) atoms. The number of hydrogen-bond donors (Lipinski definition) is 1. The topological polar surface area (TPSA) is 24.5 Å². The number of ether oxygens (including phenoxy) is 1. The fourth-order valence-corrected chi connectivity index (χ4v) is 2.76. The minimum absolute atomic E-state index is 0.133. The maximum atomic E-state index is 5.22. The van der Waals surface area contributed by atoms with E-state index in [0.717, 1.165) is 24.2 Å². The molecule has 120 valence electrons. The summed E-state index contributed by atoms with van der Waals surface area (Å²) in [6, 6.07) is 7.03. The first-order valence-corrected chi connectivity index (χ1v) is 8.33. The molecule has 0 aliphatic heterocycles. The van der Waals surface area contributed by atoms with Crippen molar-refractivity contribution in [3.8, 4) is 0 Å². The molecule has 0 unspecified atom stereocenters. The predicted octanol–water partition coefficient (Wildman–Crippen LogP) is 4.20. The normalized spacial score (nSPS) is 12.0. The molecule has 0 heterocycles. The van der Waals surface area contributed by atoms with E-state index in [4.69, 9.17) is 4.74 Å². The van der Waals surface area contributed by atoms with Gasteiger partial charge in [0.2, 0.25) is 0 Å². The third kappa shape index (κ3) is 6.37. The van der Waals surface area contributed by atoms with Crippen LogP contribution in [0, 0.1) is 0 Å². The van der Waals surface area contributed by atoms with Gasteiger partial charge in [-0.25, -0.2) is 0 Å². The Balaban J connectivity index is 2.84. The Hall–Kier alpha value is -0.580. The monoisotopic (exact) mass is 356 g/mol. The molecule has 4 heteroatoms. The fraction of sp³-hybridized carbons (Fsp3) is 0.647. The molecule has 0 aromatic heterocycles. The Bertz CT molecular complexity index is 441. The van der Waals surface area contributed by atoms with Gasteiger partial charge in [-0.05, 0) is 68.2 Å². The van der Waals surface area contributed by atoms with Crippen LogP contribution in [0.2, 0.25) is 0 Å². The van der Waals surface area contributed by atoms with Crippen LogP contribution in [-0.2, 0) is 11.3 Å². The minimum Gasteiger partial charge on any atom is -0.383 e. The number of methoxy groups -OCH3 is 1. The molecule has 0 spiro atoms. The zero-order valence-corrected chi connectivity index (χ0v) is 15.8. The van der Waals surface area contributed by atoms with Crippen molar-refractivity contribution >= 4 is 21.6 Å². The lowest BCUT2D eigenvalue weighted by molar-refractivity contribution is 0.204. The molecule has 0 amide bonds. The highest BCUT2D eigenvalue weighted by atomic mass is 79.9. The molecular weight excluding hydrogens is 328 g/mol. The highest BCUT2D eigenvalue weighted by Gasteiger charge is 2.14. The highest BCUT2D eigenvalue weighted by Crippen LogP contribution is 2.29. The Kier molecular flexibility index (Phi) is 7.17. The van der Waals surface area contributed by atoms with Crippen molar-refractivity contribution in [2.45, 2.75) is 52.7 Å². The zero-order valence-electron chi connectivity index (χ0n) is 14.2. The van der Waals surface area contributed by atoms with E-state index in [1.807, 2.05) is 0 Å². The third-order valence-electron chi connectivity index (χ3n) is 3.30. The van der Waals surface area contributed by atoms with Gasteiger partial charge >= 0.3 is 0 Å². The molecule has 0 atom stereocenters. The van der Waals surface area contributed by atoms with Gasteiger partial charge in [0.05, 0.1) is 12.3 Å². The minimum atomic E-state index is 0.133. The standard InChI is InChI=1S/C17H29BrN2O/c1-13(2)20(9-10-21-6)16-8-7-14(11-15(16)18)12-19-17(3,4)5/h7-8,11,13,19H,9-10,12H2,1-6H3. The van der Waals surface area contributed by atoms with Gasteiger partial charge in [0, 0.05) is 36.3 Å². The van der Waals surface area contributed by atoms with Crippen molar-refractivity contribution < 1.29 is 4.74 Å². The zero-order chi connectivity index (χ0) is 16.0. The van der Waals surface area contributed by atoms with Crippen molar-refractivity contribution in [2.75, 3.05) is 25.2 Å². The molecular formula is C17H29BrN2O. The van der Waals surface area contributed by atoms with Crippen molar-refractivity contribution in [1.29, 1.82) is 0 Å². The van der Waals surface area contributed by atoms with Crippen LogP contribution >= 0.6 is 15.9 Å². The number of anilines is 1. The SMILES string of the molecule is COCCN(c1ccc(CNC(C)(C)C)cc1Br)C(C)C. The largest absolute Gasteiger partial charge is 0.383 e. The van der Waals surface area contributed by atoms with E-state index < -0.39 is 0 Å². The second-order valence-corrected chi connectivity index (χ2v) is 7.52. The Morgan fingerprint density at radius 2 is 1.95 bits per heavy atom. The van der Waals surface area contributed by atoms with Gasteiger partial charge < -0.3 is 15.0 Å². The lowest BCUT2D eigenvalue weighted by Gasteiger charge is -2.30. The van der Waals surface area contributed by atoms with E-state index in [-0.39, 0.29) is 5.54 Å². The second kappa shape index (κ2) is 8.16. The quantitative estimate of drug-likeness (QED) is 0.792. The lowest BCUT2D eigenvalue weighted by atomic mass is 10.1. The molecule has 0 fully saturated rings. The van der Waals surface area contributed by atoms with Crippen LogP contribution < -0.4 is 10.2 Å². The van der Waals surface area contributed by atoms with E-state index in [1.165, 1.54) is 11.3 Å². The molecule has 0 bridgehead atoms. The van der Waals surface area contributed by atoms with E-state index in [1.54, 1.807) is 7.11 Å². The number of benzene rings is 1. The number of nitrogens with one attached hydrogen (secondary N) is 1. The second-order valence-electron chi connectivity index (χ2n) is 6.67. The molecule has 0 aliphatic rings. The van der Waals surface area contributed by atoms with E-state index >= 15 is 0 Å². The van der Waals surface area contributed by atoms with Crippen molar-refractivity contribution in [3.63, 3.8) is 0 Å². The van der Waals surface area contributed by atoms with Crippen molar-refractivity contribution in [1.82, 2.24) is 5.32 Å². The smallest absolute Gasteiger partial charge is 0.0637 e. The van der Waals surface area contributed by atoms with Gasteiger partial charge in [-0.2, -0.15) is 0 Å². The fourth-order valence-electron chi connectivity index (χ4n) is 2.11. The molecule has 1 rings (SSSR count). The van der Waals surface area contributed by atoms with E-state index in [9.17, 15) is 0 Å². The highest BCUT2D eigenvalue weighted by molar-refractivity contribution is 9.10. The van der Waals surface area contributed by atoms with Crippen LogP contribution in [0.5, 0.6) is 0 Å². The van der Waals surface area contributed by atoms with Crippen molar-refractivity contribution in [2.24, 2.45) is 0 Å². The van der Waals surface area contributed by atoms with Crippen molar-refractivity contribution in [3.05, 3.63) is 28.2 Å². The first-order valence-electron chi connectivity index (χ1n) is 7.53. The van der Waals surface area contributed by atoms with E-state index in [2.05, 4.69) is 79.0 Å². The summed E-state index contributed by atoms with van der Waals surface area (Å²) >= 11 is 3.72. The van der Waals surface area contributed by atoms with Crippen LogP contribution in [-0.4, -0.2) is 31.8 Å². The van der Waals surface area contributed by atoms with Gasteiger partial charge in [0.1, 0.15) is 0 Å². The van der Waals surface area contributed by atoms with Gasteiger partial charge in [-0.15, -0.1) is 0 Å². The molecule has 0 saturated carbocycles. The summed E-state index contributed by atoms with van der Waals surface area (Å²) in [4.78, 5) is 2.36. The van der Waals surface area contributed by atoms with Gasteiger partial charge in [-0.3, -0.25) is 0 Å². The summed E-state index contributed by atoms with van der Waals surface area (Å²) in [6.07, 6.45) is 0. The van der Waals surface area contributed by atoms with Crippen LogP contribution in [0.1, 0.15) is 40.2 Å². The average molecular weight is 357 g/mol. The number of hydrogen-bond acceptors (Lipinski definition) is 3.